The zero-order valence-corrected chi connectivity index (χ0v) is 16.6. The van der Waals surface area contributed by atoms with Gasteiger partial charge >= 0.3 is 0 Å². The summed E-state index contributed by atoms with van der Waals surface area (Å²) in [5.74, 6) is 1.44. The Morgan fingerprint density at radius 2 is 2.21 bits per heavy atom. The molecule has 1 heterocycles. The number of aryl methyl sites for hydroxylation is 1. The van der Waals surface area contributed by atoms with Crippen molar-refractivity contribution in [2.75, 3.05) is 20.6 Å². The first kappa shape index (κ1) is 18.8. The summed E-state index contributed by atoms with van der Waals surface area (Å²) in [6.45, 7) is 1.59. The van der Waals surface area contributed by atoms with Crippen LogP contribution in [0.5, 0.6) is 0 Å². The van der Waals surface area contributed by atoms with E-state index in [1.54, 1.807) is 6.26 Å². The topological polar surface area (TPSA) is 53.7 Å². The van der Waals surface area contributed by atoms with Crippen LogP contribution >= 0.6 is 24.0 Å². The maximum atomic E-state index is 4.89. The highest BCUT2D eigenvalue weighted by atomic mass is 127. The van der Waals surface area contributed by atoms with Crippen molar-refractivity contribution >= 4 is 29.9 Å². The molecule has 1 N–H and O–H groups in total. The molecular formula is C18H25IN4O. The van der Waals surface area contributed by atoms with Crippen LogP contribution < -0.4 is 5.32 Å². The Kier molecular flexibility index (Phi) is 7.08. The van der Waals surface area contributed by atoms with Crippen molar-refractivity contribution in [2.45, 2.75) is 31.7 Å². The van der Waals surface area contributed by atoms with Gasteiger partial charge in [-0.15, -0.1) is 24.0 Å². The maximum Gasteiger partial charge on any atom is 0.193 e. The molecule has 130 valence electrons. The first-order chi connectivity index (χ1) is 11.3. The fourth-order valence-electron chi connectivity index (χ4n) is 3.30. The zero-order valence-electron chi connectivity index (χ0n) is 14.2. The molecule has 1 aromatic heterocycles. The van der Waals surface area contributed by atoms with Crippen LogP contribution in [0, 0.1) is 0 Å². The highest BCUT2D eigenvalue weighted by Gasteiger charge is 2.20. The number of hydrogen-bond donors (Lipinski definition) is 1. The molecule has 0 aliphatic heterocycles. The van der Waals surface area contributed by atoms with E-state index in [2.05, 4.69) is 44.6 Å². The molecule has 0 radical (unpaired) electrons. The van der Waals surface area contributed by atoms with E-state index in [4.69, 9.17) is 4.52 Å². The number of benzene rings is 1. The number of rotatable bonds is 4. The molecule has 0 bridgehead atoms. The lowest BCUT2D eigenvalue weighted by molar-refractivity contribution is 0.390. The maximum absolute atomic E-state index is 4.89. The fourth-order valence-corrected chi connectivity index (χ4v) is 3.30. The monoisotopic (exact) mass is 440 g/mol. The van der Waals surface area contributed by atoms with Crippen LogP contribution in [0.3, 0.4) is 0 Å². The number of hydrogen-bond acceptors (Lipinski definition) is 3. The molecule has 0 fully saturated rings. The van der Waals surface area contributed by atoms with Gasteiger partial charge in [-0.1, -0.05) is 29.4 Å². The third kappa shape index (κ3) is 4.49. The van der Waals surface area contributed by atoms with E-state index >= 15 is 0 Å². The Morgan fingerprint density at radius 3 is 2.96 bits per heavy atom. The zero-order chi connectivity index (χ0) is 16.1. The lowest BCUT2D eigenvalue weighted by Gasteiger charge is -2.28. The molecule has 6 heteroatoms. The first-order valence-electron chi connectivity index (χ1n) is 8.16. The number of nitrogens with one attached hydrogen (secondary N) is 1. The smallest absolute Gasteiger partial charge is 0.193 e. The summed E-state index contributed by atoms with van der Waals surface area (Å²) in [5, 5.41) is 7.46. The predicted octanol–water partition coefficient (Wildman–Crippen LogP) is 3.42. The highest BCUT2D eigenvalue weighted by molar-refractivity contribution is 14.0. The van der Waals surface area contributed by atoms with Gasteiger partial charge in [-0.25, -0.2) is 0 Å². The molecule has 0 spiro atoms. The summed E-state index contributed by atoms with van der Waals surface area (Å²) in [5.41, 5.74) is 3.89. The normalized spacial score (nSPS) is 16.9. The Morgan fingerprint density at radius 1 is 1.38 bits per heavy atom. The van der Waals surface area contributed by atoms with E-state index in [-0.39, 0.29) is 24.0 Å². The van der Waals surface area contributed by atoms with Crippen LogP contribution in [0.25, 0.3) is 0 Å². The van der Waals surface area contributed by atoms with Crippen LogP contribution in [-0.4, -0.2) is 36.7 Å². The first-order valence-corrected chi connectivity index (χ1v) is 8.16. The van der Waals surface area contributed by atoms with Crippen LogP contribution in [-0.2, 0) is 13.0 Å². The Hall–Kier alpha value is -1.57. The minimum atomic E-state index is 0. The number of halogens is 1. The Balaban J connectivity index is 0.00000208. The van der Waals surface area contributed by atoms with Gasteiger partial charge in [0, 0.05) is 32.6 Å². The summed E-state index contributed by atoms with van der Waals surface area (Å²) in [7, 11) is 3.83. The minimum absolute atomic E-state index is 0. The van der Waals surface area contributed by atoms with Crippen molar-refractivity contribution in [1.82, 2.24) is 15.4 Å². The van der Waals surface area contributed by atoms with Gasteiger partial charge in [0.1, 0.15) is 12.0 Å². The number of fused-ring (bicyclic) bond motifs is 1. The SMILES string of the molecule is CN=C(NCC1CCCc2ccccc21)N(C)Cc1ccon1.I. The van der Waals surface area contributed by atoms with Crippen LogP contribution in [0.4, 0.5) is 0 Å². The minimum Gasteiger partial charge on any atom is -0.364 e. The van der Waals surface area contributed by atoms with E-state index in [0.717, 1.165) is 18.2 Å². The van der Waals surface area contributed by atoms with E-state index in [9.17, 15) is 0 Å². The van der Waals surface area contributed by atoms with E-state index in [1.165, 1.54) is 30.4 Å². The number of aliphatic imine (C=N–C) groups is 1. The molecule has 2 aromatic rings. The van der Waals surface area contributed by atoms with Gasteiger partial charge < -0.3 is 14.7 Å². The second-order valence-electron chi connectivity index (χ2n) is 6.06. The average Bonchev–Trinajstić information content (AvgIpc) is 3.08. The fraction of sp³-hybridized carbons (Fsp3) is 0.444. The molecule has 3 rings (SSSR count). The summed E-state index contributed by atoms with van der Waals surface area (Å²) in [4.78, 5) is 6.44. The van der Waals surface area contributed by atoms with Crippen molar-refractivity contribution < 1.29 is 4.52 Å². The summed E-state index contributed by atoms with van der Waals surface area (Å²) < 4.78 is 4.89. The number of aromatic nitrogens is 1. The van der Waals surface area contributed by atoms with Gasteiger partial charge in [0.2, 0.25) is 0 Å². The molecule has 0 amide bonds. The number of guanidine groups is 1. The largest absolute Gasteiger partial charge is 0.364 e. The van der Waals surface area contributed by atoms with Gasteiger partial charge in [-0.05, 0) is 30.4 Å². The van der Waals surface area contributed by atoms with Crippen molar-refractivity contribution in [2.24, 2.45) is 4.99 Å². The molecule has 1 aliphatic carbocycles. The Bertz CT molecular complexity index is 657. The molecule has 1 aliphatic rings. The molecule has 0 saturated carbocycles. The highest BCUT2D eigenvalue weighted by Crippen LogP contribution is 2.30. The predicted molar refractivity (Wildman–Crippen MR) is 107 cm³/mol. The van der Waals surface area contributed by atoms with Gasteiger partial charge in [0.15, 0.2) is 5.96 Å². The van der Waals surface area contributed by atoms with E-state index < -0.39 is 0 Å². The molecule has 24 heavy (non-hydrogen) atoms. The van der Waals surface area contributed by atoms with Crippen molar-refractivity contribution in [3.05, 3.63) is 53.4 Å². The lowest BCUT2D eigenvalue weighted by Crippen LogP contribution is -2.40. The van der Waals surface area contributed by atoms with Crippen LogP contribution in [0.15, 0.2) is 46.1 Å². The summed E-state index contributed by atoms with van der Waals surface area (Å²) >= 11 is 0. The average molecular weight is 440 g/mol. The summed E-state index contributed by atoms with van der Waals surface area (Å²) in [6.07, 6.45) is 5.29. The molecule has 0 saturated heterocycles. The third-order valence-corrected chi connectivity index (χ3v) is 4.46. The van der Waals surface area contributed by atoms with Crippen molar-refractivity contribution in [1.29, 1.82) is 0 Å². The van der Waals surface area contributed by atoms with Crippen LogP contribution in [0.2, 0.25) is 0 Å². The van der Waals surface area contributed by atoms with Crippen molar-refractivity contribution in [3.8, 4) is 0 Å². The molecule has 1 atom stereocenters. The number of nitrogens with zero attached hydrogens (tertiary/aromatic N) is 3. The lowest BCUT2D eigenvalue weighted by atomic mass is 9.83. The third-order valence-electron chi connectivity index (χ3n) is 4.46. The van der Waals surface area contributed by atoms with Gasteiger partial charge in [-0.3, -0.25) is 4.99 Å². The second kappa shape index (κ2) is 9.05. The molecular weight excluding hydrogens is 415 g/mol. The second-order valence-corrected chi connectivity index (χ2v) is 6.06. The molecule has 1 aromatic carbocycles. The van der Waals surface area contributed by atoms with Gasteiger partial charge in [0.05, 0.1) is 6.54 Å². The standard InChI is InChI=1S/C18H24N4O.HI/c1-19-18(22(2)13-16-10-11-23-21-16)20-12-15-8-5-7-14-6-3-4-9-17(14)15;/h3-4,6,9-11,15H,5,7-8,12-13H2,1-2H3,(H,19,20);1H. The van der Waals surface area contributed by atoms with Crippen LogP contribution in [0.1, 0.15) is 35.6 Å². The van der Waals surface area contributed by atoms with E-state index in [1.807, 2.05) is 20.2 Å². The summed E-state index contributed by atoms with van der Waals surface area (Å²) in [6, 6.07) is 10.7. The quantitative estimate of drug-likeness (QED) is 0.450. The Labute approximate surface area is 160 Å². The molecule has 5 nitrogen and oxygen atoms in total. The van der Waals surface area contributed by atoms with Gasteiger partial charge in [-0.2, -0.15) is 0 Å². The molecule has 1 unspecified atom stereocenters. The van der Waals surface area contributed by atoms with Crippen molar-refractivity contribution in [3.63, 3.8) is 0 Å². The van der Waals surface area contributed by atoms with E-state index in [0.29, 0.717) is 12.5 Å². The van der Waals surface area contributed by atoms with Gasteiger partial charge in [0.25, 0.3) is 0 Å².